The highest BCUT2D eigenvalue weighted by Gasteiger charge is 2.25. The van der Waals surface area contributed by atoms with Crippen LogP contribution < -0.4 is 15.0 Å². The molecule has 2 aliphatic heterocycles. The number of rotatable bonds is 4. The summed E-state index contributed by atoms with van der Waals surface area (Å²) < 4.78 is 10.8. The zero-order valence-electron chi connectivity index (χ0n) is 14.3. The van der Waals surface area contributed by atoms with Crippen LogP contribution in [0.2, 0.25) is 0 Å². The molecule has 0 radical (unpaired) electrons. The third-order valence-electron chi connectivity index (χ3n) is 4.74. The largest absolute Gasteiger partial charge is 0.481 e. The van der Waals surface area contributed by atoms with Crippen molar-refractivity contribution in [3.05, 3.63) is 30.0 Å². The van der Waals surface area contributed by atoms with Gasteiger partial charge in [0.1, 0.15) is 24.3 Å². The number of methoxy groups -OCH3 is 1. The van der Waals surface area contributed by atoms with Crippen molar-refractivity contribution in [1.29, 1.82) is 0 Å². The molecule has 8 heteroatoms. The summed E-state index contributed by atoms with van der Waals surface area (Å²) in [5, 5.41) is 3.47. The summed E-state index contributed by atoms with van der Waals surface area (Å²) in [4.78, 5) is 19.6. The van der Waals surface area contributed by atoms with E-state index in [1.54, 1.807) is 13.4 Å². The number of hydrogen-bond acceptors (Lipinski definition) is 8. The maximum absolute atomic E-state index is 5.60. The maximum atomic E-state index is 5.60. The minimum atomic E-state index is 0.379. The molecule has 0 aromatic carbocycles. The van der Waals surface area contributed by atoms with Gasteiger partial charge in [-0.3, -0.25) is 0 Å². The first kappa shape index (κ1) is 16.0. The van der Waals surface area contributed by atoms with Gasteiger partial charge >= 0.3 is 0 Å². The molecule has 25 heavy (non-hydrogen) atoms. The first-order valence-corrected chi connectivity index (χ1v) is 8.61. The summed E-state index contributed by atoms with van der Waals surface area (Å²) in [5.41, 5.74) is 2.28. The molecule has 0 bridgehead atoms. The van der Waals surface area contributed by atoms with E-state index in [9.17, 15) is 0 Å². The monoisotopic (exact) mass is 342 g/mol. The molecular formula is C17H22N6O2. The van der Waals surface area contributed by atoms with Crippen LogP contribution in [-0.2, 0) is 17.8 Å². The average Bonchev–Trinajstić information content (AvgIpc) is 2.68. The molecule has 4 rings (SSSR count). The van der Waals surface area contributed by atoms with Gasteiger partial charge in [0.15, 0.2) is 0 Å². The lowest BCUT2D eigenvalue weighted by Crippen LogP contribution is -2.40. The van der Waals surface area contributed by atoms with Crippen LogP contribution in [0.4, 0.5) is 11.6 Å². The number of ether oxygens (including phenoxy) is 2. The highest BCUT2D eigenvalue weighted by molar-refractivity contribution is 5.49. The molecule has 0 spiro atoms. The number of nitrogens with zero attached hydrogens (tertiary/aromatic N) is 5. The molecule has 1 saturated heterocycles. The van der Waals surface area contributed by atoms with E-state index in [1.165, 1.54) is 6.33 Å². The molecule has 2 aromatic rings. The molecule has 1 N–H and O–H groups in total. The lowest BCUT2D eigenvalue weighted by molar-refractivity contribution is 0.109. The van der Waals surface area contributed by atoms with Crippen LogP contribution >= 0.6 is 0 Å². The first-order chi connectivity index (χ1) is 12.3. The summed E-state index contributed by atoms with van der Waals surface area (Å²) in [7, 11) is 1.61. The van der Waals surface area contributed by atoms with E-state index in [4.69, 9.17) is 9.47 Å². The molecule has 0 amide bonds. The summed E-state index contributed by atoms with van der Waals surface area (Å²) in [5.74, 6) is 2.41. The lowest BCUT2D eigenvalue weighted by Gasteiger charge is -2.35. The fourth-order valence-electron chi connectivity index (χ4n) is 3.39. The molecular weight excluding hydrogens is 320 g/mol. The van der Waals surface area contributed by atoms with Crippen LogP contribution in [0.25, 0.3) is 0 Å². The van der Waals surface area contributed by atoms with E-state index >= 15 is 0 Å². The molecule has 132 valence electrons. The van der Waals surface area contributed by atoms with Crippen molar-refractivity contribution in [1.82, 2.24) is 19.9 Å². The van der Waals surface area contributed by atoms with Gasteiger partial charge in [0.25, 0.3) is 0 Å². The lowest BCUT2D eigenvalue weighted by atomic mass is 10.0. The Kier molecular flexibility index (Phi) is 4.60. The van der Waals surface area contributed by atoms with E-state index in [1.807, 2.05) is 6.07 Å². The Morgan fingerprint density at radius 3 is 2.84 bits per heavy atom. The van der Waals surface area contributed by atoms with Crippen molar-refractivity contribution in [2.45, 2.75) is 31.9 Å². The van der Waals surface area contributed by atoms with Crippen LogP contribution in [0.15, 0.2) is 18.7 Å². The van der Waals surface area contributed by atoms with Gasteiger partial charge in [-0.25, -0.2) is 19.9 Å². The third kappa shape index (κ3) is 3.48. The van der Waals surface area contributed by atoms with Gasteiger partial charge in [0, 0.05) is 37.2 Å². The Balaban J connectivity index is 1.40. The SMILES string of the molecule is COc1cc(NC2CCN(c3ncnc4c3COCC4)CC2)ncn1. The fourth-order valence-corrected chi connectivity index (χ4v) is 3.39. The van der Waals surface area contributed by atoms with E-state index in [0.29, 0.717) is 18.5 Å². The molecule has 0 unspecified atom stereocenters. The molecule has 8 nitrogen and oxygen atoms in total. The minimum absolute atomic E-state index is 0.379. The van der Waals surface area contributed by atoms with Crippen molar-refractivity contribution < 1.29 is 9.47 Å². The topological polar surface area (TPSA) is 85.3 Å². The number of anilines is 2. The van der Waals surface area contributed by atoms with Gasteiger partial charge in [-0.1, -0.05) is 0 Å². The quantitative estimate of drug-likeness (QED) is 0.893. The van der Waals surface area contributed by atoms with Gasteiger partial charge in [-0.2, -0.15) is 0 Å². The zero-order chi connectivity index (χ0) is 17.1. The fraction of sp³-hybridized carbons (Fsp3) is 0.529. The number of fused-ring (bicyclic) bond motifs is 1. The van der Waals surface area contributed by atoms with Crippen molar-refractivity contribution >= 4 is 11.6 Å². The first-order valence-electron chi connectivity index (χ1n) is 8.61. The molecule has 2 aromatic heterocycles. The second kappa shape index (κ2) is 7.18. The minimum Gasteiger partial charge on any atom is -0.481 e. The molecule has 4 heterocycles. The van der Waals surface area contributed by atoms with Crippen LogP contribution in [0, 0.1) is 0 Å². The summed E-state index contributed by atoms with van der Waals surface area (Å²) in [6.07, 6.45) is 6.11. The second-order valence-electron chi connectivity index (χ2n) is 6.28. The molecule has 0 saturated carbocycles. The van der Waals surface area contributed by atoms with Gasteiger partial charge in [0.05, 0.1) is 26.0 Å². The summed E-state index contributed by atoms with van der Waals surface area (Å²) >= 11 is 0. The summed E-state index contributed by atoms with van der Waals surface area (Å²) in [6, 6.07) is 2.20. The zero-order valence-corrected chi connectivity index (χ0v) is 14.3. The van der Waals surface area contributed by atoms with Crippen molar-refractivity contribution in [2.24, 2.45) is 0 Å². The maximum Gasteiger partial charge on any atom is 0.218 e. The normalized spacial score (nSPS) is 17.9. The molecule has 2 aliphatic rings. The Bertz CT molecular complexity index is 733. The van der Waals surface area contributed by atoms with E-state index in [2.05, 4.69) is 30.2 Å². The predicted octanol–water partition coefficient (Wildman–Crippen LogP) is 1.43. The van der Waals surface area contributed by atoms with Crippen LogP contribution in [0.5, 0.6) is 5.88 Å². The standard InChI is InChI=1S/C17H22N6O2/c1-24-16-8-15(19-11-20-16)22-12-2-5-23(6-3-12)17-13-9-25-7-4-14(13)18-10-21-17/h8,10-12H,2-7,9H2,1H3,(H,19,20,22). The number of hydrogen-bond donors (Lipinski definition) is 1. The van der Waals surface area contributed by atoms with Crippen molar-refractivity contribution in [3.8, 4) is 5.88 Å². The Morgan fingerprint density at radius 1 is 1.16 bits per heavy atom. The highest BCUT2D eigenvalue weighted by atomic mass is 16.5. The van der Waals surface area contributed by atoms with Crippen molar-refractivity contribution in [2.75, 3.05) is 37.0 Å². The second-order valence-corrected chi connectivity index (χ2v) is 6.28. The van der Waals surface area contributed by atoms with Gasteiger partial charge < -0.3 is 19.7 Å². The number of nitrogens with one attached hydrogen (secondary N) is 1. The van der Waals surface area contributed by atoms with Gasteiger partial charge in [-0.15, -0.1) is 0 Å². The smallest absolute Gasteiger partial charge is 0.218 e. The number of piperidine rings is 1. The van der Waals surface area contributed by atoms with E-state index in [0.717, 1.165) is 61.9 Å². The highest BCUT2D eigenvalue weighted by Crippen LogP contribution is 2.27. The van der Waals surface area contributed by atoms with Crippen molar-refractivity contribution in [3.63, 3.8) is 0 Å². The molecule has 1 fully saturated rings. The third-order valence-corrected chi connectivity index (χ3v) is 4.74. The van der Waals surface area contributed by atoms with Gasteiger partial charge in [-0.05, 0) is 12.8 Å². The Morgan fingerprint density at radius 2 is 2.00 bits per heavy atom. The van der Waals surface area contributed by atoms with Crippen LogP contribution in [0.1, 0.15) is 24.1 Å². The summed E-state index contributed by atoms with van der Waals surface area (Å²) in [6.45, 7) is 3.26. The molecule has 0 aliphatic carbocycles. The average molecular weight is 342 g/mol. The van der Waals surface area contributed by atoms with E-state index < -0.39 is 0 Å². The van der Waals surface area contributed by atoms with Crippen LogP contribution in [-0.4, -0.2) is 52.8 Å². The number of aromatic nitrogens is 4. The molecule has 0 atom stereocenters. The van der Waals surface area contributed by atoms with E-state index in [-0.39, 0.29) is 0 Å². The van der Waals surface area contributed by atoms with Gasteiger partial charge in [0.2, 0.25) is 5.88 Å². The predicted molar refractivity (Wildman–Crippen MR) is 92.8 cm³/mol. The Hall–Kier alpha value is -2.48. The van der Waals surface area contributed by atoms with Crippen LogP contribution in [0.3, 0.4) is 0 Å². The Labute approximate surface area is 146 Å².